The second-order valence-corrected chi connectivity index (χ2v) is 4.47. The molecule has 0 fully saturated rings. The van der Waals surface area contributed by atoms with E-state index in [1.54, 1.807) is 19.2 Å². The first-order chi connectivity index (χ1) is 9.10. The minimum atomic E-state index is -0.0822. The number of furan rings is 1. The Morgan fingerprint density at radius 1 is 1.16 bits per heavy atom. The van der Waals surface area contributed by atoms with Crippen LogP contribution in [0.3, 0.4) is 0 Å². The molecule has 0 spiro atoms. The Labute approximate surface area is 112 Å². The van der Waals surface area contributed by atoms with Gasteiger partial charge in [-0.05, 0) is 50.2 Å². The predicted octanol–water partition coefficient (Wildman–Crippen LogP) is 3.12. The van der Waals surface area contributed by atoms with Crippen molar-refractivity contribution >= 4 is 11.6 Å². The van der Waals surface area contributed by atoms with E-state index in [0.29, 0.717) is 5.56 Å². The van der Waals surface area contributed by atoms with Crippen LogP contribution in [0.15, 0.2) is 40.8 Å². The molecule has 1 unspecified atom stereocenters. The van der Waals surface area contributed by atoms with E-state index in [0.717, 1.165) is 17.2 Å². The number of aryl methyl sites for hydroxylation is 1. The summed E-state index contributed by atoms with van der Waals surface area (Å²) in [5.41, 5.74) is 1.60. The van der Waals surface area contributed by atoms with Crippen LogP contribution in [0.5, 0.6) is 0 Å². The number of amides is 1. The molecule has 0 saturated carbocycles. The lowest BCUT2D eigenvalue weighted by molar-refractivity contribution is 0.0963. The summed E-state index contributed by atoms with van der Waals surface area (Å²) in [7, 11) is 1.62. The van der Waals surface area contributed by atoms with E-state index in [9.17, 15) is 4.79 Å². The molecule has 4 nitrogen and oxygen atoms in total. The molecule has 1 aromatic heterocycles. The molecule has 0 radical (unpaired) electrons. The first-order valence-electron chi connectivity index (χ1n) is 6.25. The number of rotatable bonds is 4. The molecule has 2 aromatic rings. The average molecular weight is 258 g/mol. The summed E-state index contributed by atoms with van der Waals surface area (Å²) in [6, 6.07) is 11.4. The maximum atomic E-state index is 11.4. The lowest BCUT2D eigenvalue weighted by Gasteiger charge is -2.13. The first-order valence-corrected chi connectivity index (χ1v) is 6.25. The van der Waals surface area contributed by atoms with Gasteiger partial charge < -0.3 is 15.1 Å². The highest BCUT2D eigenvalue weighted by Crippen LogP contribution is 2.21. The van der Waals surface area contributed by atoms with Crippen molar-refractivity contribution in [3.63, 3.8) is 0 Å². The van der Waals surface area contributed by atoms with Crippen molar-refractivity contribution in [2.75, 3.05) is 12.4 Å². The van der Waals surface area contributed by atoms with Crippen molar-refractivity contribution < 1.29 is 9.21 Å². The summed E-state index contributed by atoms with van der Waals surface area (Å²) in [5.74, 6) is 1.72. The smallest absolute Gasteiger partial charge is 0.251 e. The standard InChI is InChI=1S/C15H18N2O2/c1-10-4-9-14(19-10)11(2)17-13-7-5-12(6-8-13)15(18)16-3/h4-9,11,17H,1-3H3,(H,16,18). The van der Waals surface area contributed by atoms with Gasteiger partial charge in [0.05, 0.1) is 6.04 Å². The summed E-state index contributed by atoms with van der Waals surface area (Å²) >= 11 is 0. The van der Waals surface area contributed by atoms with Crippen LogP contribution in [0.25, 0.3) is 0 Å². The van der Waals surface area contributed by atoms with Crippen LogP contribution in [-0.4, -0.2) is 13.0 Å². The van der Waals surface area contributed by atoms with Crippen LogP contribution >= 0.6 is 0 Å². The van der Waals surface area contributed by atoms with E-state index < -0.39 is 0 Å². The van der Waals surface area contributed by atoms with E-state index >= 15 is 0 Å². The fourth-order valence-corrected chi connectivity index (χ4v) is 1.87. The van der Waals surface area contributed by atoms with E-state index in [1.807, 2.05) is 38.1 Å². The second-order valence-electron chi connectivity index (χ2n) is 4.47. The highest BCUT2D eigenvalue weighted by molar-refractivity contribution is 5.94. The third-order valence-corrected chi connectivity index (χ3v) is 2.95. The van der Waals surface area contributed by atoms with Crippen LogP contribution in [0.1, 0.15) is 34.8 Å². The topological polar surface area (TPSA) is 54.3 Å². The molecule has 100 valence electrons. The molecule has 4 heteroatoms. The van der Waals surface area contributed by atoms with E-state index in [1.165, 1.54) is 0 Å². The number of hydrogen-bond acceptors (Lipinski definition) is 3. The van der Waals surface area contributed by atoms with Crippen molar-refractivity contribution in [2.24, 2.45) is 0 Å². The summed E-state index contributed by atoms with van der Waals surface area (Å²) in [4.78, 5) is 11.4. The zero-order valence-electron chi connectivity index (χ0n) is 11.4. The Balaban J connectivity index is 2.05. The molecule has 0 aliphatic heterocycles. The van der Waals surface area contributed by atoms with Crippen LogP contribution < -0.4 is 10.6 Å². The number of anilines is 1. The van der Waals surface area contributed by atoms with E-state index in [-0.39, 0.29) is 11.9 Å². The zero-order chi connectivity index (χ0) is 13.8. The molecule has 1 aromatic carbocycles. The average Bonchev–Trinajstić information content (AvgIpc) is 2.85. The molecule has 0 aliphatic rings. The van der Waals surface area contributed by atoms with Gasteiger partial charge in [0.25, 0.3) is 5.91 Å². The fourth-order valence-electron chi connectivity index (χ4n) is 1.87. The molecular weight excluding hydrogens is 240 g/mol. The van der Waals surface area contributed by atoms with Gasteiger partial charge in [-0.15, -0.1) is 0 Å². The third-order valence-electron chi connectivity index (χ3n) is 2.95. The largest absolute Gasteiger partial charge is 0.464 e. The Kier molecular flexibility index (Phi) is 3.90. The van der Waals surface area contributed by atoms with Crippen molar-refractivity contribution in [1.82, 2.24) is 5.32 Å². The van der Waals surface area contributed by atoms with Gasteiger partial charge in [-0.25, -0.2) is 0 Å². The lowest BCUT2D eigenvalue weighted by Crippen LogP contribution is -2.17. The normalized spacial score (nSPS) is 11.9. The van der Waals surface area contributed by atoms with Gasteiger partial charge in [0.2, 0.25) is 0 Å². The number of carbonyl (C=O) groups is 1. The molecule has 1 heterocycles. The molecule has 0 aliphatic carbocycles. The van der Waals surface area contributed by atoms with Gasteiger partial charge in [-0.2, -0.15) is 0 Å². The lowest BCUT2D eigenvalue weighted by atomic mass is 10.1. The molecule has 2 N–H and O–H groups in total. The van der Waals surface area contributed by atoms with Gasteiger partial charge in [0.1, 0.15) is 11.5 Å². The number of hydrogen-bond donors (Lipinski definition) is 2. The SMILES string of the molecule is CNC(=O)c1ccc(NC(C)c2ccc(C)o2)cc1. The van der Waals surface area contributed by atoms with Crippen LogP contribution in [0.4, 0.5) is 5.69 Å². The van der Waals surface area contributed by atoms with Gasteiger partial charge >= 0.3 is 0 Å². The van der Waals surface area contributed by atoms with Crippen LogP contribution in [0, 0.1) is 6.92 Å². The molecule has 1 atom stereocenters. The Morgan fingerprint density at radius 2 is 1.84 bits per heavy atom. The molecule has 1 amide bonds. The minimum Gasteiger partial charge on any atom is -0.464 e. The molecule has 0 saturated heterocycles. The van der Waals surface area contributed by atoms with Crippen LogP contribution in [0.2, 0.25) is 0 Å². The minimum absolute atomic E-state index is 0.0822. The van der Waals surface area contributed by atoms with Crippen molar-refractivity contribution in [1.29, 1.82) is 0 Å². The predicted molar refractivity (Wildman–Crippen MR) is 75.3 cm³/mol. The first kappa shape index (κ1) is 13.2. The quantitative estimate of drug-likeness (QED) is 0.886. The summed E-state index contributed by atoms with van der Waals surface area (Å²) in [6.45, 7) is 3.96. The van der Waals surface area contributed by atoms with E-state index in [4.69, 9.17) is 4.42 Å². The molecular formula is C15H18N2O2. The van der Waals surface area contributed by atoms with Crippen molar-refractivity contribution in [3.8, 4) is 0 Å². The zero-order valence-corrected chi connectivity index (χ0v) is 11.4. The molecule has 2 rings (SSSR count). The summed E-state index contributed by atoms with van der Waals surface area (Å²) < 4.78 is 5.57. The molecule has 0 bridgehead atoms. The van der Waals surface area contributed by atoms with Gasteiger partial charge in [0, 0.05) is 18.3 Å². The number of nitrogens with one attached hydrogen (secondary N) is 2. The number of carbonyl (C=O) groups excluding carboxylic acids is 1. The van der Waals surface area contributed by atoms with Crippen molar-refractivity contribution in [3.05, 3.63) is 53.5 Å². The highest BCUT2D eigenvalue weighted by atomic mass is 16.3. The van der Waals surface area contributed by atoms with Gasteiger partial charge in [-0.3, -0.25) is 4.79 Å². The monoisotopic (exact) mass is 258 g/mol. The van der Waals surface area contributed by atoms with Gasteiger partial charge in [-0.1, -0.05) is 0 Å². The maximum Gasteiger partial charge on any atom is 0.251 e. The highest BCUT2D eigenvalue weighted by Gasteiger charge is 2.09. The second kappa shape index (κ2) is 5.61. The van der Waals surface area contributed by atoms with Crippen molar-refractivity contribution in [2.45, 2.75) is 19.9 Å². The fraction of sp³-hybridized carbons (Fsp3) is 0.267. The Hall–Kier alpha value is -2.23. The van der Waals surface area contributed by atoms with Gasteiger partial charge in [0.15, 0.2) is 0 Å². The molecule has 19 heavy (non-hydrogen) atoms. The Bertz CT molecular complexity index is 558. The van der Waals surface area contributed by atoms with E-state index in [2.05, 4.69) is 10.6 Å². The maximum absolute atomic E-state index is 11.4. The third kappa shape index (κ3) is 3.16. The summed E-state index contributed by atoms with van der Waals surface area (Å²) in [6.07, 6.45) is 0. The number of benzene rings is 1. The van der Waals surface area contributed by atoms with Crippen LogP contribution in [-0.2, 0) is 0 Å². The summed E-state index contributed by atoms with van der Waals surface area (Å²) in [5, 5.41) is 5.93. The Morgan fingerprint density at radius 3 is 2.37 bits per heavy atom.